The molecule has 0 radical (unpaired) electrons. The maximum Gasteiger partial charge on any atom is 0.346 e. The molecule has 3 heterocycles. The van der Waals surface area contributed by atoms with Crippen LogP contribution >= 0.6 is 11.8 Å². The van der Waals surface area contributed by atoms with Crippen LogP contribution in [0.5, 0.6) is 5.75 Å². The van der Waals surface area contributed by atoms with E-state index in [2.05, 4.69) is 37.7 Å². The Bertz CT molecular complexity index is 2340. The number of tetrazole rings is 1. The van der Waals surface area contributed by atoms with Gasteiger partial charge in [-0.1, -0.05) is 90.6 Å². The van der Waals surface area contributed by atoms with Gasteiger partial charge in [-0.2, -0.15) is 4.68 Å². The predicted molar refractivity (Wildman–Crippen MR) is 198 cm³/mol. The zero-order chi connectivity index (χ0) is 37.9. The minimum Gasteiger partial charge on any atom is -0.508 e. The Balaban J connectivity index is 1.04. The van der Waals surface area contributed by atoms with E-state index in [-0.39, 0.29) is 41.5 Å². The van der Waals surface area contributed by atoms with Crippen molar-refractivity contribution in [3.05, 3.63) is 166 Å². The van der Waals surface area contributed by atoms with Crippen LogP contribution < -0.4 is 5.32 Å². The molecule has 1 aromatic heterocycles. The van der Waals surface area contributed by atoms with Crippen LogP contribution in [0.2, 0.25) is 0 Å². The van der Waals surface area contributed by atoms with Crippen LogP contribution in [0.1, 0.15) is 77.2 Å². The number of carbonyl (C=O) groups excluding carboxylic acids is 3. The first-order valence-electron chi connectivity index (χ1n) is 17.4. The number of phenols is 1. The van der Waals surface area contributed by atoms with Gasteiger partial charge in [0, 0.05) is 29.3 Å². The summed E-state index contributed by atoms with van der Waals surface area (Å²) in [6.45, 7) is 0.126. The van der Waals surface area contributed by atoms with E-state index in [1.54, 1.807) is 28.9 Å². The molecule has 2 aliphatic heterocycles. The lowest BCUT2D eigenvalue weighted by molar-refractivity contribution is -0.255. The largest absolute Gasteiger partial charge is 0.508 e. The summed E-state index contributed by atoms with van der Waals surface area (Å²) < 4.78 is 19.9. The molecule has 4 atom stereocenters. The smallest absolute Gasteiger partial charge is 0.346 e. The number of hydrogen-bond donors (Lipinski definition) is 3. The van der Waals surface area contributed by atoms with E-state index in [1.165, 1.54) is 30.0 Å². The Morgan fingerprint density at radius 2 is 1.49 bits per heavy atom. The number of hydrogen-bond acceptors (Lipinski definition) is 12. The minimum atomic E-state index is -0.771. The lowest BCUT2D eigenvalue weighted by Crippen LogP contribution is -2.38. The van der Waals surface area contributed by atoms with Gasteiger partial charge in [-0.15, -0.1) is 5.10 Å². The van der Waals surface area contributed by atoms with Gasteiger partial charge in [0.2, 0.25) is 5.16 Å². The number of cyclic esters (lactones) is 2. The molecule has 0 bridgehead atoms. The number of aliphatic hydroxyl groups is 1. The van der Waals surface area contributed by atoms with E-state index in [4.69, 9.17) is 9.47 Å². The Kier molecular flexibility index (Phi) is 10.2. The summed E-state index contributed by atoms with van der Waals surface area (Å²) in [5.74, 6) is -1.54. The highest BCUT2D eigenvalue weighted by molar-refractivity contribution is 7.99. The molecule has 1 saturated heterocycles. The van der Waals surface area contributed by atoms with E-state index in [0.717, 1.165) is 27.8 Å². The van der Waals surface area contributed by atoms with Gasteiger partial charge >= 0.3 is 11.9 Å². The number of benzene rings is 5. The second-order valence-electron chi connectivity index (χ2n) is 13.0. The summed E-state index contributed by atoms with van der Waals surface area (Å²) in [6.07, 6.45) is -1.59. The highest BCUT2D eigenvalue weighted by Crippen LogP contribution is 2.48. The Hall–Kier alpha value is -6.19. The fraction of sp³-hybridized carbons (Fsp3) is 0.171. The molecule has 0 aliphatic carbocycles. The van der Waals surface area contributed by atoms with Gasteiger partial charge in [-0.3, -0.25) is 4.79 Å². The second kappa shape index (κ2) is 15.7. The quantitative estimate of drug-likeness (QED) is 0.0821. The number of esters is 2. The van der Waals surface area contributed by atoms with Crippen molar-refractivity contribution < 1.29 is 38.8 Å². The molecule has 6 aromatic rings. The van der Waals surface area contributed by atoms with Crippen LogP contribution in [0.3, 0.4) is 0 Å². The van der Waals surface area contributed by atoms with E-state index in [0.29, 0.717) is 16.6 Å². The molecule has 55 heavy (non-hydrogen) atoms. The number of nitrogens with zero attached hydrogens (tertiary/aromatic N) is 4. The zero-order valence-electron chi connectivity index (χ0n) is 29.0. The standard InChI is InChI=1S/C41H33N5O8S/c47-22-25-8-10-27(11-9-25)36-35(26-4-2-1-3-5-26)34(23-55-41-43-44-45-46(41)30-15-17-31(48)18-16-30)52-40(53-36)28-12-6-24(7-13-28)21-42-37(49)29-14-19-32-33(20-29)39(51)54-38(32)50/h1-20,34-36,40,47-48H,21-23H2,(H,42,49). The first kappa shape index (κ1) is 35.8. The van der Waals surface area contributed by atoms with Crippen LogP contribution in [0, 0.1) is 0 Å². The maximum atomic E-state index is 12.9. The average Bonchev–Trinajstić information content (AvgIpc) is 3.82. The molecule has 0 spiro atoms. The summed E-state index contributed by atoms with van der Waals surface area (Å²) in [4.78, 5) is 36.7. The number of aliphatic hydroxyl groups excluding tert-OH is 1. The lowest BCUT2D eigenvalue weighted by atomic mass is 9.84. The number of amides is 1. The number of rotatable bonds is 11. The van der Waals surface area contributed by atoms with Crippen LogP contribution in [0.4, 0.5) is 0 Å². The highest BCUT2D eigenvalue weighted by atomic mass is 32.2. The zero-order valence-corrected chi connectivity index (χ0v) is 29.8. The van der Waals surface area contributed by atoms with Crippen molar-refractivity contribution in [2.24, 2.45) is 0 Å². The summed E-state index contributed by atoms with van der Waals surface area (Å²) in [5.41, 5.74) is 5.46. The summed E-state index contributed by atoms with van der Waals surface area (Å²) in [5, 5.41) is 35.3. The van der Waals surface area contributed by atoms with Gasteiger partial charge in [0.15, 0.2) is 6.29 Å². The van der Waals surface area contributed by atoms with Crippen molar-refractivity contribution in [2.45, 2.75) is 42.7 Å². The molecule has 1 fully saturated rings. The van der Waals surface area contributed by atoms with Gasteiger partial charge in [-0.05, 0) is 75.1 Å². The molecule has 276 valence electrons. The Morgan fingerprint density at radius 3 is 2.24 bits per heavy atom. The van der Waals surface area contributed by atoms with E-state index in [1.807, 2.05) is 66.7 Å². The van der Waals surface area contributed by atoms with Crippen LogP contribution in [-0.2, 0) is 27.4 Å². The first-order valence-corrected chi connectivity index (χ1v) is 18.4. The van der Waals surface area contributed by atoms with E-state index >= 15 is 0 Å². The number of fused-ring (bicyclic) bond motifs is 1. The molecule has 4 unspecified atom stereocenters. The Labute approximate surface area is 318 Å². The molecular formula is C41H33N5O8S. The summed E-state index contributed by atoms with van der Waals surface area (Å²) >= 11 is 1.44. The van der Waals surface area contributed by atoms with Crippen molar-refractivity contribution in [1.29, 1.82) is 0 Å². The highest BCUT2D eigenvalue weighted by Gasteiger charge is 2.42. The van der Waals surface area contributed by atoms with Gasteiger partial charge in [0.25, 0.3) is 5.91 Å². The maximum absolute atomic E-state index is 12.9. The fourth-order valence-corrected chi connectivity index (χ4v) is 7.59. The molecular weight excluding hydrogens is 723 g/mol. The van der Waals surface area contributed by atoms with Crippen molar-refractivity contribution in [3.8, 4) is 11.4 Å². The molecule has 2 aliphatic rings. The lowest BCUT2D eigenvalue weighted by Gasteiger charge is -2.43. The molecule has 5 aromatic carbocycles. The monoisotopic (exact) mass is 755 g/mol. The first-order chi connectivity index (χ1) is 26.8. The van der Waals surface area contributed by atoms with Crippen molar-refractivity contribution >= 4 is 29.6 Å². The predicted octanol–water partition coefficient (Wildman–Crippen LogP) is 5.83. The second-order valence-corrected chi connectivity index (χ2v) is 13.9. The van der Waals surface area contributed by atoms with Crippen LogP contribution in [0.15, 0.2) is 126 Å². The van der Waals surface area contributed by atoms with Gasteiger partial charge in [-0.25, -0.2) is 9.59 Å². The number of thioether (sulfide) groups is 1. The SMILES string of the molecule is O=C(NCc1ccc(C2OC(CSc3nnnn3-c3ccc(O)cc3)C(c3ccccc3)C(c3ccc(CO)cc3)O2)cc1)c1ccc2c(c1)C(=O)OC2=O. The normalized spacial score (nSPS) is 19.1. The van der Waals surface area contributed by atoms with Gasteiger partial charge in [0.05, 0.1) is 35.6 Å². The molecule has 1 amide bonds. The molecule has 3 N–H and O–H groups in total. The minimum absolute atomic E-state index is 0.0687. The number of phenolic OH excluding ortho intramolecular Hbond substituents is 1. The molecule has 14 heteroatoms. The number of nitrogens with one attached hydrogen (secondary N) is 1. The Morgan fingerprint density at radius 1 is 0.782 bits per heavy atom. The van der Waals surface area contributed by atoms with E-state index < -0.39 is 36.3 Å². The van der Waals surface area contributed by atoms with Crippen LogP contribution in [0.25, 0.3) is 5.69 Å². The molecule has 0 saturated carbocycles. The summed E-state index contributed by atoms with van der Waals surface area (Å²) in [6, 6.07) is 36.2. The van der Waals surface area contributed by atoms with Crippen LogP contribution in [-0.4, -0.2) is 60.1 Å². The summed E-state index contributed by atoms with van der Waals surface area (Å²) in [7, 11) is 0. The third-order valence-electron chi connectivity index (χ3n) is 9.49. The number of ether oxygens (including phenoxy) is 3. The fourth-order valence-electron chi connectivity index (χ4n) is 6.64. The molecule has 8 rings (SSSR count). The number of aromatic nitrogens is 4. The topological polar surface area (TPSA) is 175 Å². The van der Waals surface area contributed by atoms with Crippen molar-refractivity contribution in [3.63, 3.8) is 0 Å². The van der Waals surface area contributed by atoms with Gasteiger partial charge < -0.3 is 29.7 Å². The van der Waals surface area contributed by atoms with E-state index in [9.17, 15) is 24.6 Å². The molecule has 13 nitrogen and oxygen atoms in total. The third-order valence-corrected chi connectivity index (χ3v) is 10.5. The average molecular weight is 756 g/mol. The van der Waals surface area contributed by atoms with Crippen molar-refractivity contribution in [1.82, 2.24) is 25.5 Å². The third kappa shape index (κ3) is 7.61. The number of carbonyl (C=O) groups is 3. The van der Waals surface area contributed by atoms with Crippen molar-refractivity contribution in [2.75, 3.05) is 5.75 Å². The van der Waals surface area contributed by atoms with Gasteiger partial charge in [0.1, 0.15) is 5.75 Å². The number of aromatic hydroxyl groups is 1.